The van der Waals surface area contributed by atoms with E-state index in [1.807, 2.05) is 0 Å². The van der Waals surface area contributed by atoms with Gasteiger partial charge in [0, 0.05) is 20.1 Å². The molecule has 1 aromatic rings. The SMILES string of the molecule is CC(C)C1CCN(S(=O)(=O)c2ncn(C)c2Cl)CC1. The molecular weight excluding hydrogens is 286 g/mol. The Bertz CT molecular complexity index is 545. The number of halogens is 1. The van der Waals surface area contributed by atoms with E-state index in [4.69, 9.17) is 11.6 Å². The van der Waals surface area contributed by atoms with Crippen molar-refractivity contribution in [3.8, 4) is 0 Å². The maximum atomic E-state index is 12.5. The van der Waals surface area contributed by atoms with Gasteiger partial charge in [0.1, 0.15) is 5.15 Å². The van der Waals surface area contributed by atoms with Crippen molar-refractivity contribution in [2.45, 2.75) is 31.7 Å². The van der Waals surface area contributed by atoms with Gasteiger partial charge in [0.25, 0.3) is 10.0 Å². The van der Waals surface area contributed by atoms with Crippen LogP contribution < -0.4 is 0 Å². The minimum Gasteiger partial charge on any atom is -0.324 e. The van der Waals surface area contributed by atoms with Gasteiger partial charge in [0.05, 0.1) is 6.33 Å². The maximum Gasteiger partial charge on any atom is 0.263 e. The predicted octanol–water partition coefficient (Wildman–Crippen LogP) is 2.13. The Labute approximate surface area is 119 Å². The van der Waals surface area contributed by atoms with Crippen LogP contribution in [0.25, 0.3) is 0 Å². The summed E-state index contributed by atoms with van der Waals surface area (Å²) in [4.78, 5) is 3.92. The Hall–Kier alpha value is -0.590. The van der Waals surface area contributed by atoms with Gasteiger partial charge < -0.3 is 4.57 Å². The number of sulfonamides is 1. The average molecular weight is 306 g/mol. The number of hydrogen-bond donors (Lipinski definition) is 0. The molecule has 1 aliphatic heterocycles. The number of rotatable bonds is 3. The number of aromatic nitrogens is 2. The minimum absolute atomic E-state index is 0.0281. The van der Waals surface area contributed by atoms with Crippen molar-refractivity contribution < 1.29 is 8.42 Å². The summed E-state index contributed by atoms with van der Waals surface area (Å²) in [5.74, 6) is 1.20. The molecule has 108 valence electrons. The van der Waals surface area contributed by atoms with Gasteiger partial charge in [-0.15, -0.1) is 0 Å². The third-order valence-corrected chi connectivity index (χ3v) is 6.25. The molecule has 5 nitrogen and oxygen atoms in total. The van der Waals surface area contributed by atoms with Crippen LogP contribution in [0.1, 0.15) is 26.7 Å². The zero-order valence-corrected chi connectivity index (χ0v) is 13.1. The van der Waals surface area contributed by atoms with Crippen molar-refractivity contribution in [2.75, 3.05) is 13.1 Å². The van der Waals surface area contributed by atoms with Crippen molar-refractivity contribution in [3.05, 3.63) is 11.5 Å². The molecule has 0 unspecified atom stereocenters. The highest BCUT2D eigenvalue weighted by atomic mass is 35.5. The number of aryl methyl sites for hydroxylation is 1. The summed E-state index contributed by atoms with van der Waals surface area (Å²) in [7, 11) is -1.87. The molecule has 0 atom stereocenters. The number of hydrogen-bond acceptors (Lipinski definition) is 3. The highest BCUT2D eigenvalue weighted by Gasteiger charge is 2.33. The summed E-state index contributed by atoms with van der Waals surface area (Å²) in [6.45, 7) is 5.48. The molecule has 1 saturated heterocycles. The largest absolute Gasteiger partial charge is 0.324 e. The molecule has 1 fully saturated rings. The Morgan fingerprint density at radius 2 is 1.95 bits per heavy atom. The Morgan fingerprint density at radius 3 is 2.37 bits per heavy atom. The van der Waals surface area contributed by atoms with Crippen LogP contribution in [0.4, 0.5) is 0 Å². The quantitative estimate of drug-likeness (QED) is 0.859. The summed E-state index contributed by atoms with van der Waals surface area (Å²) in [6, 6.07) is 0. The summed E-state index contributed by atoms with van der Waals surface area (Å²) in [5, 5.41) is 0.144. The van der Waals surface area contributed by atoms with Crippen LogP contribution in [0, 0.1) is 11.8 Å². The first-order valence-electron chi connectivity index (χ1n) is 6.51. The highest BCUT2D eigenvalue weighted by molar-refractivity contribution is 7.89. The fourth-order valence-corrected chi connectivity index (χ4v) is 4.33. The Balaban J connectivity index is 2.17. The van der Waals surface area contributed by atoms with E-state index in [2.05, 4.69) is 18.8 Å². The maximum absolute atomic E-state index is 12.5. The lowest BCUT2D eigenvalue weighted by atomic mass is 9.87. The predicted molar refractivity (Wildman–Crippen MR) is 74.5 cm³/mol. The highest BCUT2D eigenvalue weighted by Crippen LogP contribution is 2.29. The van der Waals surface area contributed by atoms with Gasteiger partial charge in [-0.1, -0.05) is 25.4 Å². The zero-order chi connectivity index (χ0) is 14.2. The molecule has 1 aromatic heterocycles. The molecule has 0 aromatic carbocycles. The van der Waals surface area contributed by atoms with Gasteiger partial charge in [-0.25, -0.2) is 13.4 Å². The standard InChI is InChI=1S/C12H20ClN3O2S/c1-9(2)10-4-6-16(7-5-10)19(17,18)12-11(13)15(3)8-14-12/h8-10H,4-7H2,1-3H3. The van der Waals surface area contributed by atoms with E-state index in [-0.39, 0.29) is 10.2 Å². The van der Waals surface area contributed by atoms with Crippen LogP contribution in [-0.4, -0.2) is 35.4 Å². The van der Waals surface area contributed by atoms with Crippen LogP contribution in [-0.2, 0) is 17.1 Å². The van der Waals surface area contributed by atoms with Crippen molar-refractivity contribution in [3.63, 3.8) is 0 Å². The second-order valence-corrected chi connectivity index (χ2v) is 7.65. The van der Waals surface area contributed by atoms with E-state index >= 15 is 0 Å². The lowest BCUT2D eigenvalue weighted by Crippen LogP contribution is -2.39. The molecule has 2 heterocycles. The van der Waals surface area contributed by atoms with E-state index < -0.39 is 10.0 Å². The second-order valence-electron chi connectivity index (χ2n) is 5.44. The average Bonchev–Trinajstić information content (AvgIpc) is 2.70. The third-order valence-electron chi connectivity index (χ3n) is 3.86. The Morgan fingerprint density at radius 1 is 1.37 bits per heavy atom. The molecule has 0 bridgehead atoms. The van der Waals surface area contributed by atoms with Crippen LogP contribution in [0.5, 0.6) is 0 Å². The summed E-state index contributed by atoms with van der Waals surface area (Å²) >= 11 is 5.99. The first-order valence-corrected chi connectivity index (χ1v) is 8.32. The normalized spacial score (nSPS) is 19.2. The number of piperidine rings is 1. The monoisotopic (exact) mass is 305 g/mol. The summed E-state index contributed by atoms with van der Waals surface area (Å²) in [5.41, 5.74) is 0. The van der Waals surface area contributed by atoms with Crippen molar-refractivity contribution in [1.29, 1.82) is 0 Å². The lowest BCUT2D eigenvalue weighted by molar-refractivity contribution is 0.226. The molecule has 0 N–H and O–H groups in total. The molecule has 0 amide bonds. The molecule has 2 rings (SSSR count). The van der Waals surface area contributed by atoms with Crippen LogP contribution in [0.2, 0.25) is 5.15 Å². The topological polar surface area (TPSA) is 55.2 Å². The second kappa shape index (κ2) is 5.42. The fraction of sp³-hybridized carbons (Fsp3) is 0.750. The summed E-state index contributed by atoms with van der Waals surface area (Å²) in [6.07, 6.45) is 3.23. The molecule has 7 heteroatoms. The van der Waals surface area contributed by atoms with Gasteiger partial charge in [-0.3, -0.25) is 0 Å². The molecule has 0 saturated carbocycles. The van der Waals surface area contributed by atoms with E-state index in [9.17, 15) is 8.42 Å². The minimum atomic E-state index is -3.55. The fourth-order valence-electron chi connectivity index (χ4n) is 2.47. The first kappa shape index (κ1) is 14.8. The molecule has 0 spiro atoms. The van der Waals surface area contributed by atoms with Gasteiger partial charge >= 0.3 is 0 Å². The van der Waals surface area contributed by atoms with Gasteiger partial charge in [0.15, 0.2) is 0 Å². The molecule has 1 aliphatic rings. The molecular formula is C12H20ClN3O2S. The van der Waals surface area contributed by atoms with E-state index in [1.165, 1.54) is 15.2 Å². The summed E-state index contributed by atoms with van der Waals surface area (Å²) < 4.78 is 27.9. The lowest BCUT2D eigenvalue weighted by Gasteiger charge is -2.32. The molecule has 19 heavy (non-hydrogen) atoms. The Kier molecular flexibility index (Phi) is 4.23. The van der Waals surface area contributed by atoms with E-state index in [1.54, 1.807) is 7.05 Å². The zero-order valence-electron chi connectivity index (χ0n) is 11.5. The van der Waals surface area contributed by atoms with Crippen LogP contribution >= 0.6 is 11.6 Å². The third kappa shape index (κ3) is 2.80. The van der Waals surface area contributed by atoms with Crippen molar-refractivity contribution >= 4 is 21.6 Å². The smallest absolute Gasteiger partial charge is 0.263 e. The van der Waals surface area contributed by atoms with Crippen LogP contribution in [0.3, 0.4) is 0 Å². The number of nitrogens with zero attached hydrogens (tertiary/aromatic N) is 3. The van der Waals surface area contributed by atoms with Gasteiger partial charge in [0.2, 0.25) is 5.03 Å². The van der Waals surface area contributed by atoms with Gasteiger partial charge in [-0.05, 0) is 24.7 Å². The van der Waals surface area contributed by atoms with Gasteiger partial charge in [-0.2, -0.15) is 4.31 Å². The number of imidazole rings is 1. The first-order chi connectivity index (χ1) is 8.84. The van der Waals surface area contributed by atoms with Crippen molar-refractivity contribution in [1.82, 2.24) is 13.9 Å². The van der Waals surface area contributed by atoms with Crippen molar-refractivity contribution in [2.24, 2.45) is 18.9 Å². The van der Waals surface area contributed by atoms with Crippen LogP contribution in [0.15, 0.2) is 11.4 Å². The molecule has 0 radical (unpaired) electrons. The van der Waals surface area contributed by atoms with E-state index in [0.717, 1.165) is 12.8 Å². The van der Waals surface area contributed by atoms with E-state index in [0.29, 0.717) is 24.9 Å². The molecule has 0 aliphatic carbocycles.